The van der Waals surface area contributed by atoms with Gasteiger partial charge in [0.2, 0.25) is 0 Å². The fourth-order valence-electron chi connectivity index (χ4n) is 2.63. The van der Waals surface area contributed by atoms with Gasteiger partial charge in [0.05, 0.1) is 4.92 Å². The molecule has 5 heteroatoms. The molecule has 0 spiro atoms. The number of aryl methyl sites for hydroxylation is 1. The Hall–Kier alpha value is -3.34. The molecule has 0 amide bonds. The number of nitrogens with one attached hydrogen (secondary N) is 1. The van der Waals surface area contributed by atoms with Crippen molar-refractivity contribution in [3.05, 3.63) is 99.6 Å². The third kappa shape index (κ3) is 4.39. The Morgan fingerprint density at radius 2 is 1.65 bits per heavy atom. The first-order valence-corrected chi connectivity index (χ1v) is 8.37. The van der Waals surface area contributed by atoms with E-state index in [1.165, 1.54) is 17.7 Å². The van der Waals surface area contributed by atoms with Gasteiger partial charge >= 0.3 is 0 Å². The maximum atomic E-state index is 10.7. The van der Waals surface area contributed by atoms with Crippen LogP contribution < -0.4 is 10.1 Å². The zero-order valence-electron chi connectivity index (χ0n) is 14.5. The lowest BCUT2D eigenvalue weighted by atomic mass is 10.1. The van der Waals surface area contributed by atoms with E-state index < -0.39 is 4.92 Å². The molecule has 0 heterocycles. The number of anilines is 1. The molecule has 132 valence electrons. The lowest BCUT2D eigenvalue weighted by molar-refractivity contribution is -0.384. The highest BCUT2D eigenvalue weighted by molar-refractivity contribution is 5.51. The zero-order valence-corrected chi connectivity index (χ0v) is 14.5. The number of ether oxygens (including phenoxy) is 1. The van der Waals surface area contributed by atoms with E-state index in [1.807, 2.05) is 36.4 Å². The third-order valence-corrected chi connectivity index (χ3v) is 4.13. The second-order valence-electron chi connectivity index (χ2n) is 5.99. The zero-order chi connectivity index (χ0) is 18.4. The van der Waals surface area contributed by atoms with Crippen LogP contribution in [0.5, 0.6) is 5.75 Å². The summed E-state index contributed by atoms with van der Waals surface area (Å²) in [5.74, 6) is 0.798. The number of nitro benzene ring substituents is 1. The number of non-ortho nitro benzene ring substituents is 1. The number of nitrogens with zero attached hydrogens (tertiary/aromatic N) is 1. The lowest BCUT2D eigenvalue weighted by Crippen LogP contribution is -2.04. The molecule has 3 rings (SSSR count). The molecule has 3 aromatic carbocycles. The number of rotatable bonds is 7. The molecule has 0 atom stereocenters. The van der Waals surface area contributed by atoms with Gasteiger partial charge in [-0.15, -0.1) is 0 Å². The quantitative estimate of drug-likeness (QED) is 0.477. The van der Waals surface area contributed by atoms with Crippen molar-refractivity contribution in [1.82, 2.24) is 0 Å². The molecule has 0 radical (unpaired) electrons. The molecule has 3 aromatic rings. The fourth-order valence-corrected chi connectivity index (χ4v) is 2.63. The van der Waals surface area contributed by atoms with Crippen molar-refractivity contribution in [3.63, 3.8) is 0 Å². The summed E-state index contributed by atoms with van der Waals surface area (Å²) in [7, 11) is 0. The summed E-state index contributed by atoms with van der Waals surface area (Å²) in [5.41, 5.74) is 4.31. The van der Waals surface area contributed by atoms with Crippen LogP contribution in [0.1, 0.15) is 16.7 Å². The van der Waals surface area contributed by atoms with Gasteiger partial charge in [0.25, 0.3) is 5.69 Å². The molecular weight excluding hydrogens is 328 g/mol. The van der Waals surface area contributed by atoms with Crippen molar-refractivity contribution in [2.45, 2.75) is 20.1 Å². The van der Waals surface area contributed by atoms with Gasteiger partial charge in [0.1, 0.15) is 12.4 Å². The van der Waals surface area contributed by atoms with Crippen molar-refractivity contribution in [2.75, 3.05) is 5.32 Å². The van der Waals surface area contributed by atoms with Crippen LogP contribution in [0.4, 0.5) is 11.4 Å². The number of hydrogen-bond donors (Lipinski definition) is 1. The van der Waals surface area contributed by atoms with Gasteiger partial charge < -0.3 is 10.1 Å². The SMILES string of the molecule is Cc1ccccc1NCc1ccccc1OCc1ccc([N+](=O)[O-])cc1. The number of nitro groups is 1. The maximum absolute atomic E-state index is 10.7. The summed E-state index contributed by atoms with van der Waals surface area (Å²) in [6.07, 6.45) is 0. The first-order valence-electron chi connectivity index (χ1n) is 8.37. The maximum Gasteiger partial charge on any atom is 0.269 e. The molecule has 0 unspecified atom stereocenters. The normalized spacial score (nSPS) is 10.3. The van der Waals surface area contributed by atoms with Crippen molar-refractivity contribution in [1.29, 1.82) is 0 Å². The fraction of sp³-hybridized carbons (Fsp3) is 0.143. The Balaban J connectivity index is 1.65. The van der Waals surface area contributed by atoms with E-state index in [2.05, 4.69) is 24.4 Å². The van der Waals surface area contributed by atoms with E-state index in [0.717, 1.165) is 22.6 Å². The Bertz CT molecular complexity index is 892. The van der Waals surface area contributed by atoms with Crippen LogP contribution in [0.25, 0.3) is 0 Å². The van der Waals surface area contributed by atoms with E-state index in [1.54, 1.807) is 12.1 Å². The van der Waals surface area contributed by atoms with Crippen LogP contribution in [0.3, 0.4) is 0 Å². The molecular formula is C21H20N2O3. The molecule has 0 aromatic heterocycles. The summed E-state index contributed by atoms with van der Waals surface area (Å²) in [6.45, 7) is 3.08. The standard InChI is InChI=1S/C21H20N2O3/c1-16-6-2-4-8-20(16)22-14-18-7-3-5-9-21(18)26-15-17-10-12-19(13-11-17)23(24)25/h2-13,22H,14-15H2,1H3. The third-order valence-electron chi connectivity index (χ3n) is 4.13. The van der Waals surface area contributed by atoms with E-state index in [-0.39, 0.29) is 5.69 Å². The second-order valence-corrected chi connectivity index (χ2v) is 5.99. The predicted octanol–water partition coefficient (Wildman–Crippen LogP) is 5.09. The molecule has 1 N–H and O–H groups in total. The molecule has 0 aliphatic carbocycles. The number of benzene rings is 3. The number of para-hydroxylation sites is 2. The molecule has 0 bridgehead atoms. The van der Waals surface area contributed by atoms with Crippen LogP contribution >= 0.6 is 0 Å². The molecule has 5 nitrogen and oxygen atoms in total. The van der Waals surface area contributed by atoms with Crippen molar-refractivity contribution < 1.29 is 9.66 Å². The molecule has 0 saturated carbocycles. The Kier molecular flexibility index (Phi) is 5.49. The minimum absolute atomic E-state index is 0.0802. The number of hydrogen-bond acceptors (Lipinski definition) is 4. The van der Waals surface area contributed by atoms with Crippen LogP contribution in [-0.2, 0) is 13.2 Å². The summed E-state index contributed by atoms with van der Waals surface area (Å²) in [5, 5.41) is 14.1. The monoisotopic (exact) mass is 348 g/mol. The van der Waals surface area contributed by atoms with Gasteiger partial charge in [-0.3, -0.25) is 10.1 Å². The largest absolute Gasteiger partial charge is 0.489 e. The van der Waals surface area contributed by atoms with Gasteiger partial charge in [0.15, 0.2) is 0 Å². The van der Waals surface area contributed by atoms with Crippen LogP contribution in [0, 0.1) is 17.0 Å². The van der Waals surface area contributed by atoms with Crippen LogP contribution in [0.2, 0.25) is 0 Å². The molecule has 0 saturated heterocycles. The van der Waals surface area contributed by atoms with E-state index in [9.17, 15) is 10.1 Å². The molecule has 0 fully saturated rings. The smallest absolute Gasteiger partial charge is 0.269 e. The van der Waals surface area contributed by atoms with Gasteiger partial charge in [-0.25, -0.2) is 0 Å². The Labute approximate surface area is 152 Å². The summed E-state index contributed by atoms with van der Waals surface area (Å²) in [6, 6.07) is 22.4. The Morgan fingerprint density at radius 3 is 2.38 bits per heavy atom. The molecule has 0 aliphatic heterocycles. The minimum atomic E-state index is -0.406. The highest BCUT2D eigenvalue weighted by Crippen LogP contribution is 2.22. The minimum Gasteiger partial charge on any atom is -0.489 e. The van der Waals surface area contributed by atoms with E-state index in [0.29, 0.717) is 13.2 Å². The van der Waals surface area contributed by atoms with Crippen LogP contribution in [-0.4, -0.2) is 4.92 Å². The van der Waals surface area contributed by atoms with E-state index >= 15 is 0 Å². The lowest BCUT2D eigenvalue weighted by Gasteiger charge is -2.14. The van der Waals surface area contributed by atoms with Crippen molar-refractivity contribution in [2.24, 2.45) is 0 Å². The average molecular weight is 348 g/mol. The molecule has 0 aliphatic rings. The first kappa shape index (κ1) is 17.5. The second kappa shape index (κ2) is 8.16. The van der Waals surface area contributed by atoms with Crippen LogP contribution in [0.15, 0.2) is 72.8 Å². The topological polar surface area (TPSA) is 64.4 Å². The van der Waals surface area contributed by atoms with Gasteiger partial charge in [-0.05, 0) is 42.3 Å². The highest BCUT2D eigenvalue weighted by atomic mass is 16.6. The van der Waals surface area contributed by atoms with E-state index in [4.69, 9.17) is 4.74 Å². The summed E-state index contributed by atoms with van der Waals surface area (Å²) in [4.78, 5) is 10.3. The van der Waals surface area contributed by atoms with Gasteiger partial charge in [-0.1, -0.05) is 36.4 Å². The predicted molar refractivity (Wildman–Crippen MR) is 102 cm³/mol. The van der Waals surface area contributed by atoms with Crippen molar-refractivity contribution in [3.8, 4) is 5.75 Å². The molecule has 26 heavy (non-hydrogen) atoms. The van der Waals surface area contributed by atoms with Gasteiger partial charge in [0, 0.05) is 29.9 Å². The first-order chi connectivity index (χ1) is 12.6. The summed E-state index contributed by atoms with van der Waals surface area (Å²) >= 11 is 0. The highest BCUT2D eigenvalue weighted by Gasteiger charge is 2.07. The average Bonchev–Trinajstić information content (AvgIpc) is 2.66. The Morgan fingerprint density at radius 1 is 0.962 bits per heavy atom. The van der Waals surface area contributed by atoms with Gasteiger partial charge in [-0.2, -0.15) is 0 Å². The summed E-state index contributed by atoms with van der Waals surface area (Å²) < 4.78 is 5.93. The van der Waals surface area contributed by atoms with Crippen molar-refractivity contribution >= 4 is 11.4 Å².